The van der Waals surface area contributed by atoms with Crippen molar-refractivity contribution in [1.29, 1.82) is 0 Å². The van der Waals surface area contributed by atoms with E-state index in [1.807, 2.05) is 6.07 Å². The number of carbonyl (C=O) groups excluding carboxylic acids is 1. The third kappa shape index (κ3) is 3.35. The van der Waals surface area contributed by atoms with Gasteiger partial charge in [0.05, 0.1) is 7.11 Å². The largest absolute Gasteiger partial charge is 0.468 e. The zero-order valence-electron chi connectivity index (χ0n) is 12.3. The summed E-state index contributed by atoms with van der Waals surface area (Å²) in [6, 6.07) is 5.14. The highest BCUT2D eigenvalue weighted by atomic mass is 19.1. The number of carbonyl (C=O) groups is 1. The van der Waals surface area contributed by atoms with Gasteiger partial charge in [-0.25, -0.2) is 4.39 Å². The van der Waals surface area contributed by atoms with Crippen LogP contribution in [0.3, 0.4) is 0 Å². The van der Waals surface area contributed by atoms with E-state index in [0.717, 1.165) is 38.0 Å². The summed E-state index contributed by atoms with van der Waals surface area (Å²) in [7, 11) is 1.42. The Morgan fingerprint density at radius 2 is 2.33 bits per heavy atom. The van der Waals surface area contributed by atoms with E-state index < -0.39 is 0 Å². The fraction of sp³-hybridized carbons (Fsp3) is 0.562. The molecule has 1 heterocycles. The van der Waals surface area contributed by atoms with E-state index in [1.54, 1.807) is 6.07 Å². The molecule has 21 heavy (non-hydrogen) atoms. The number of nitrogens with zero attached hydrogens (tertiary/aromatic N) is 1. The number of hydrogen-bond donors (Lipinski definition) is 1. The number of ether oxygens (including phenoxy) is 1. The Bertz CT molecular complexity index is 531. The molecule has 0 bridgehead atoms. The molecule has 0 radical (unpaired) electrons. The number of anilines is 1. The lowest BCUT2D eigenvalue weighted by Crippen LogP contribution is -2.41. The van der Waals surface area contributed by atoms with Gasteiger partial charge in [-0.15, -0.1) is 0 Å². The Morgan fingerprint density at radius 1 is 1.52 bits per heavy atom. The van der Waals surface area contributed by atoms with Crippen LogP contribution in [0.25, 0.3) is 0 Å². The first-order valence-corrected chi connectivity index (χ1v) is 7.54. The molecular weight excluding hydrogens is 271 g/mol. The molecular formula is C16H21FN2O2. The van der Waals surface area contributed by atoms with Crippen LogP contribution in [0.2, 0.25) is 0 Å². The van der Waals surface area contributed by atoms with Crippen molar-refractivity contribution in [3.63, 3.8) is 0 Å². The molecule has 1 fully saturated rings. The second-order valence-electron chi connectivity index (χ2n) is 5.82. The minimum absolute atomic E-state index is 0.207. The van der Waals surface area contributed by atoms with Crippen molar-refractivity contribution in [2.24, 2.45) is 0 Å². The summed E-state index contributed by atoms with van der Waals surface area (Å²) in [5, 5.41) is 3.33. The number of halogens is 1. The molecule has 1 saturated carbocycles. The van der Waals surface area contributed by atoms with Crippen LogP contribution < -0.4 is 10.2 Å². The number of esters is 1. The fourth-order valence-electron chi connectivity index (χ4n) is 2.88. The normalized spacial score (nSPS) is 18.5. The number of fused-ring (bicyclic) bond motifs is 1. The summed E-state index contributed by atoms with van der Waals surface area (Å²) in [5.41, 5.74) is 2.14. The molecule has 3 rings (SSSR count). The molecule has 1 N–H and O–H groups in total. The average molecular weight is 292 g/mol. The molecule has 114 valence electrons. The van der Waals surface area contributed by atoms with E-state index in [4.69, 9.17) is 4.74 Å². The van der Waals surface area contributed by atoms with E-state index in [1.165, 1.54) is 18.7 Å². The summed E-state index contributed by atoms with van der Waals surface area (Å²) in [4.78, 5) is 14.0. The Morgan fingerprint density at radius 3 is 3.05 bits per heavy atom. The lowest BCUT2D eigenvalue weighted by atomic mass is 10.1. The first-order valence-electron chi connectivity index (χ1n) is 7.54. The predicted molar refractivity (Wildman–Crippen MR) is 78.9 cm³/mol. The Hall–Kier alpha value is -1.62. The van der Waals surface area contributed by atoms with Crippen molar-refractivity contribution in [2.45, 2.75) is 37.8 Å². The van der Waals surface area contributed by atoms with E-state index in [9.17, 15) is 9.18 Å². The molecule has 0 aromatic heterocycles. The SMILES string of the molecule is COC(=O)C(CCN1CCc2ccc(F)cc21)NC1CC1. The average Bonchev–Trinajstić information content (AvgIpc) is 3.22. The van der Waals surface area contributed by atoms with Crippen molar-refractivity contribution in [3.05, 3.63) is 29.6 Å². The van der Waals surface area contributed by atoms with Gasteiger partial charge in [0, 0.05) is 24.8 Å². The van der Waals surface area contributed by atoms with Gasteiger partial charge in [-0.3, -0.25) is 4.79 Å². The van der Waals surface area contributed by atoms with Crippen molar-refractivity contribution >= 4 is 11.7 Å². The van der Waals surface area contributed by atoms with Crippen LogP contribution in [0.5, 0.6) is 0 Å². The Kier molecular flexibility index (Phi) is 4.10. The van der Waals surface area contributed by atoms with Gasteiger partial charge in [0.2, 0.25) is 0 Å². The van der Waals surface area contributed by atoms with Gasteiger partial charge in [-0.2, -0.15) is 0 Å². The summed E-state index contributed by atoms with van der Waals surface area (Å²) in [5.74, 6) is -0.415. The van der Waals surface area contributed by atoms with Gasteiger partial charge in [-0.1, -0.05) is 6.07 Å². The van der Waals surface area contributed by atoms with E-state index in [-0.39, 0.29) is 17.8 Å². The summed E-state index contributed by atoms with van der Waals surface area (Å²) in [6.45, 7) is 1.62. The van der Waals surface area contributed by atoms with Crippen molar-refractivity contribution < 1.29 is 13.9 Å². The third-order valence-electron chi connectivity index (χ3n) is 4.23. The molecule has 4 nitrogen and oxygen atoms in total. The first-order chi connectivity index (χ1) is 10.2. The molecule has 2 aliphatic rings. The summed E-state index contributed by atoms with van der Waals surface area (Å²) < 4.78 is 18.2. The molecule has 1 unspecified atom stereocenters. The van der Waals surface area contributed by atoms with Gasteiger partial charge in [-0.05, 0) is 43.4 Å². The number of benzene rings is 1. The highest BCUT2D eigenvalue weighted by molar-refractivity contribution is 5.75. The molecule has 1 aliphatic carbocycles. The van der Waals surface area contributed by atoms with Gasteiger partial charge in [0.15, 0.2) is 0 Å². The summed E-state index contributed by atoms with van der Waals surface area (Å²) >= 11 is 0. The smallest absolute Gasteiger partial charge is 0.322 e. The maximum absolute atomic E-state index is 13.4. The third-order valence-corrected chi connectivity index (χ3v) is 4.23. The van der Waals surface area contributed by atoms with Crippen LogP contribution in [-0.4, -0.2) is 38.3 Å². The molecule has 1 aromatic rings. The number of methoxy groups -OCH3 is 1. The number of hydrogen-bond acceptors (Lipinski definition) is 4. The van der Waals surface area contributed by atoms with Crippen LogP contribution in [0, 0.1) is 5.82 Å². The van der Waals surface area contributed by atoms with E-state index >= 15 is 0 Å². The molecule has 1 aliphatic heterocycles. The zero-order chi connectivity index (χ0) is 14.8. The summed E-state index contributed by atoms with van der Waals surface area (Å²) in [6.07, 6.45) is 3.88. The zero-order valence-corrected chi connectivity index (χ0v) is 12.3. The standard InChI is InChI=1S/C16H21FN2O2/c1-21-16(20)14(18-13-4-5-13)7-9-19-8-6-11-2-3-12(17)10-15(11)19/h2-3,10,13-14,18H,4-9H2,1H3. The van der Waals surface area contributed by atoms with Crippen LogP contribution in [0.1, 0.15) is 24.8 Å². The highest BCUT2D eigenvalue weighted by Crippen LogP contribution is 2.29. The molecule has 1 aromatic carbocycles. The number of nitrogens with one attached hydrogen (secondary N) is 1. The molecule has 0 saturated heterocycles. The van der Waals surface area contributed by atoms with Gasteiger partial charge < -0.3 is 15.0 Å². The minimum Gasteiger partial charge on any atom is -0.468 e. The topological polar surface area (TPSA) is 41.6 Å². The van der Waals surface area contributed by atoms with E-state index in [0.29, 0.717) is 12.5 Å². The first kappa shape index (κ1) is 14.3. The maximum atomic E-state index is 13.4. The molecule has 0 amide bonds. The van der Waals surface area contributed by atoms with Crippen LogP contribution in [-0.2, 0) is 16.0 Å². The lowest BCUT2D eigenvalue weighted by Gasteiger charge is -2.23. The van der Waals surface area contributed by atoms with Crippen molar-refractivity contribution in [1.82, 2.24) is 5.32 Å². The molecule has 0 spiro atoms. The minimum atomic E-state index is -0.264. The van der Waals surface area contributed by atoms with Crippen molar-refractivity contribution in [3.8, 4) is 0 Å². The lowest BCUT2D eigenvalue weighted by molar-refractivity contribution is -0.143. The second-order valence-corrected chi connectivity index (χ2v) is 5.82. The van der Waals surface area contributed by atoms with Crippen molar-refractivity contribution in [2.75, 3.05) is 25.1 Å². The second kappa shape index (κ2) is 6.02. The van der Waals surface area contributed by atoms with Gasteiger partial charge >= 0.3 is 5.97 Å². The maximum Gasteiger partial charge on any atom is 0.322 e. The Balaban J connectivity index is 1.61. The van der Waals surface area contributed by atoms with E-state index in [2.05, 4.69) is 10.2 Å². The Labute approximate surface area is 124 Å². The number of rotatable bonds is 6. The van der Waals surface area contributed by atoms with Gasteiger partial charge in [0.1, 0.15) is 11.9 Å². The van der Waals surface area contributed by atoms with Crippen LogP contribution in [0.4, 0.5) is 10.1 Å². The molecule has 5 heteroatoms. The monoisotopic (exact) mass is 292 g/mol. The van der Waals surface area contributed by atoms with Crippen LogP contribution in [0.15, 0.2) is 18.2 Å². The van der Waals surface area contributed by atoms with Gasteiger partial charge in [0.25, 0.3) is 0 Å². The van der Waals surface area contributed by atoms with Crippen LogP contribution >= 0.6 is 0 Å². The molecule has 1 atom stereocenters. The quantitative estimate of drug-likeness (QED) is 0.813. The highest BCUT2D eigenvalue weighted by Gasteiger charge is 2.30. The fourth-order valence-corrected chi connectivity index (χ4v) is 2.88. The predicted octanol–water partition coefficient (Wildman–Crippen LogP) is 1.87.